The van der Waals surface area contributed by atoms with Crippen molar-refractivity contribution in [2.75, 3.05) is 57.8 Å². The van der Waals surface area contributed by atoms with Crippen molar-refractivity contribution in [3.8, 4) is 5.75 Å². The summed E-state index contributed by atoms with van der Waals surface area (Å²) < 4.78 is 5.37. The summed E-state index contributed by atoms with van der Waals surface area (Å²) in [4.78, 5) is 22.7. The van der Waals surface area contributed by atoms with Crippen molar-refractivity contribution in [3.05, 3.63) is 24.3 Å². The number of carbonyl (C=O) groups excluding carboxylic acids is 1. The number of nitrogens with zero attached hydrogens (tertiary/aromatic N) is 4. The van der Waals surface area contributed by atoms with Gasteiger partial charge in [-0.3, -0.25) is 4.99 Å². The number of amides is 1. The number of nitrogens with one attached hydrogen (secondary N) is 1. The van der Waals surface area contributed by atoms with E-state index in [1.807, 2.05) is 45.9 Å². The van der Waals surface area contributed by atoms with Crippen molar-refractivity contribution in [1.82, 2.24) is 15.1 Å². The van der Waals surface area contributed by atoms with Crippen molar-refractivity contribution in [2.45, 2.75) is 33.3 Å². The molecular weight excluding hydrogens is 497 g/mol. The van der Waals surface area contributed by atoms with Crippen LogP contribution in [0.15, 0.2) is 29.3 Å². The molecule has 0 radical (unpaired) electrons. The van der Waals surface area contributed by atoms with Crippen molar-refractivity contribution in [3.63, 3.8) is 0 Å². The van der Waals surface area contributed by atoms with Crippen LogP contribution in [0.5, 0.6) is 5.75 Å². The monoisotopic (exact) mass is 533 g/mol. The van der Waals surface area contributed by atoms with Gasteiger partial charge in [-0.1, -0.05) is 12.1 Å². The molecule has 1 fully saturated rings. The Balaban J connectivity index is 0.00000450. The maximum absolute atomic E-state index is 12.1. The van der Waals surface area contributed by atoms with E-state index in [9.17, 15) is 9.90 Å². The third-order valence-corrected chi connectivity index (χ3v) is 4.54. The molecule has 0 aliphatic carbocycles. The lowest BCUT2D eigenvalue weighted by Crippen LogP contribution is -2.52. The highest BCUT2D eigenvalue weighted by molar-refractivity contribution is 14.0. The second-order valence-electron chi connectivity index (χ2n) is 8.10. The number of piperazine rings is 1. The lowest BCUT2D eigenvalue weighted by molar-refractivity contribution is 0.0304. The van der Waals surface area contributed by atoms with E-state index in [0.717, 1.165) is 44.4 Å². The van der Waals surface area contributed by atoms with Crippen LogP contribution in [0.1, 0.15) is 27.7 Å². The fraction of sp³-hybridized carbons (Fsp3) is 0.619. The fourth-order valence-corrected chi connectivity index (χ4v) is 3.05. The minimum atomic E-state index is -0.504. The Hall–Kier alpha value is -1.91. The number of carbonyl (C=O) groups is 1. The predicted octanol–water partition coefficient (Wildman–Crippen LogP) is 2.96. The number of hydrogen-bond donors (Lipinski definition) is 2. The minimum Gasteiger partial charge on any atom is -0.506 e. The summed E-state index contributed by atoms with van der Waals surface area (Å²) in [5.41, 5.74) is 0.365. The number of para-hydroxylation sites is 2. The van der Waals surface area contributed by atoms with Crippen LogP contribution in [-0.2, 0) is 4.74 Å². The Morgan fingerprint density at radius 2 is 1.87 bits per heavy atom. The zero-order valence-electron chi connectivity index (χ0n) is 18.7. The smallest absolute Gasteiger partial charge is 0.410 e. The van der Waals surface area contributed by atoms with Gasteiger partial charge >= 0.3 is 6.09 Å². The molecule has 1 amide bonds. The first kappa shape index (κ1) is 26.1. The molecule has 0 aromatic heterocycles. The number of halogens is 1. The van der Waals surface area contributed by atoms with Gasteiger partial charge in [0.25, 0.3) is 0 Å². The maximum atomic E-state index is 12.1. The van der Waals surface area contributed by atoms with Gasteiger partial charge in [-0.15, -0.1) is 24.0 Å². The molecule has 1 heterocycles. The number of likely N-dealkylation sites (N-methyl/N-ethyl adjacent to an activating group) is 1. The average molecular weight is 533 g/mol. The molecular formula is C21H36IN5O3. The van der Waals surface area contributed by atoms with Crippen molar-refractivity contribution >= 4 is 41.7 Å². The minimum absolute atomic E-state index is 0. The van der Waals surface area contributed by atoms with Crippen LogP contribution in [0.4, 0.5) is 10.5 Å². The second-order valence-corrected chi connectivity index (χ2v) is 8.10. The summed E-state index contributed by atoms with van der Waals surface area (Å²) in [6.45, 7) is 12.6. The van der Waals surface area contributed by atoms with Gasteiger partial charge in [0.2, 0.25) is 0 Å². The Bertz CT molecular complexity index is 700. The largest absolute Gasteiger partial charge is 0.506 e. The average Bonchev–Trinajstić information content (AvgIpc) is 2.66. The third kappa shape index (κ3) is 8.08. The molecule has 1 aromatic rings. The number of rotatable bonds is 5. The number of benzene rings is 1. The summed E-state index contributed by atoms with van der Waals surface area (Å²) in [5.74, 6) is 1.16. The van der Waals surface area contributed by atoms with E-state index in [1.165, 1.54) is 0 Å². The molecule has 30 heavy (non-hydrogen) atoms. The molecule has 1 aliphatic rings. The highest BCUT2D eigenvalue weighted by Crippen LogP contribution is 2.27. The highest BCUT2D eigenvalue weighted by Gasteiger charge is 2.22. The topological polar surface area (TPSA) is 80.6 Å². The number of aromatic hydroxyl groups is 1. The molecule has 0 spiro atoms. The zero-order valence-corrected chi connectivity index (χ0v) is 21.1. The van der Waals surface area contributed by atoms with Crippen LogP contribution in [-0.4, -0.2) is 85.4 Å². The Kier molecular flexibility index (Phi) is 10.5. The lowest BCUT2D eigenvalue weighted by Gasteiger charge is -2.38. The molecule has 0 bridgehead atoms. The zero-order chi connectivity index (χ0) is 21.4. The number of phenolic OH excluding ortho intramolecular Hbond substituents is 1. The molecule has 9 heteroatoms. The van der Waals surface area contributed by atoms with Crippen LogP contribution in [0.25, 0.3) is 0 Å². The molecule has 2 rings (SSSR count). The molecule has 1 aliphatic heterocycles. The maximum Gasteiger partial charge on any atom is 0.410 e. The Morgan fingerprint density at radius 1 is 1.23 bits per heavy atom. The van der Waals surface area contributed by atoms with Crippen LogP contribution in [0, 0.1) is 0 Å². The van der Waals surface area contributed by atoms with E-state index >= 15 is 0 Å². The number of guanidine groups is 1. The van der Waals surface area contributed by atoms with Gasteiger partial charge < -0.3 is 29.9 Å². The van der Waals surface area contributed by atoms with E-state index < -0.39 is 5.60 Å². The molecule has 170 valence electrons. The lowest BCUT2D eigenvalue weighted by atomic mass is 10.2. The van der Waals surface area contributed by atoms with Crippen LogP contribution >= 0.6 is 24.0 Å². The molecule has 0 saturated carbocycles. The summed E-state index contributed by atoms with van der Waals surface area (Å²) in [6, 6.07) is 7.43. The molecule has 0 unspecified atom stereocenters. The van der Waals surface area contributed by atoms with Crippen LogP contribution < -0.4 is 10.2 Å². The van der Waals surface area contributed by atoms with Gasteiger partial charge in [-0.2, -0.15) is 0 Å². The van der Waals surface area contributed by atoms with Gasteiger partial charge in [0.1, 0.15) is 11.4 Å². The van der Waals surface area contributed by atoms with Gasteiger partial charge in [-0.05, 0) is 39.8 Å². The third-order valence-electron chi connectivity index (χ3n) is 4.54. The molecule has 2 N–H and O–H groups in total. The first-order valence-corrected chi connectivity index (χ1v) is 10.2. The van der Waals surface area contributed by atoms with E-state index in [0.29, 0.717) is 18.8 Å². The van der Waals surface area contributed by atoms with Crippen LogP contribution in [0.3, 0.4) is 0 Å². The standard InChI is InChI=1S/C21H35N5O3.HI/c1-6-22-19(23-11-12-24(5)20(28)29-21(2,3)4)26-15-13-25(14-16-26)17-9-7-8-10-18(17)27;/h7-10,27H,6,11-16H2,1-5H3,(H,22,23);1H. The van der Waals surface area contributed by atoms with Gasteiger partial charge in [0, 0.05) is 46.3 Å². The second kappa shape index (κ2) is 12.1. The number of aliphatic imine (C=N–C) groups is 1. The quantitative estimate of drug-likeness (QED) is 0.344. The van der Waals surface area contributed by atoms with Crippen LogP contribution in [0.2, 0.25) is 0 Å². The van der Waals surface area contributed by atoms with Crippen molar-refractivity contribution in [1.29, 1.82) is 0 Å². The Labute approximate surface area is 197 Å². The van der Waals surface area contributed by atoms with Gasteiger partial charge in [0.15, 0.2) is 5.96 Å². The highest BCUT2D eigenvalue weighted by atomic mass is 127. The number of anilines is 1. The number of hydrogen-bond acceptors (Lipinski definition) is 5. The first-order valence-electron chi connectivity index (χ1n) is 10.2. The number of ether oxygens (including phenoxy) is 1. The molecule has 1 aromatic carbocycles. The molecule has 1 saturated heterocycles. The Morgan fingerprint density at radius 3 is 2.43 bits per heavy atom. The first-order chi connectivity index (χ1) is 13.7. The summed E-state index contributed by atoms with van der Waals surface area (Å²) in [6.07, 6.45) is -0.339. The van der Waals surface area contributed by atoms with E-state index in [4.69, 9.17) is 4.74 Å². The SMILES string of the molecule is CCNC(=NCCN(C)C(=O)OC(C)(C)C)N1CCN(c2ccccc2O)CC1.I. The fourth-order valence-electron chi connectivity index (χ4n) is 3.05. The van der Waals surface area contributed by atoms with Crippen molar-refractivity contribution < 1.29 is 14.6 Å². The molecule has 8 nitrogen and oxygen atoms in total. The summed E-state index contributed by atoms with van der Waals surface area (Å²) >= 11 is 0. The normalized spacial score (nSPS) is 14.8. The van der Waals surface area contributed by atoms with E-state index in [2.05, 4.69) is 20.1 Å². The van der Waals surface area contributed by atoms with E-state index in [1.54, 1.807) is 18.0 Å². The molecule has 0 atom stereocenters. The predicted molar refractivity (Wildman–Crippen MR) is 132 cm³/mol. The van der Waals surface area contributed by atoms with Crippen molar-refractivity contribution in [2.24, 2.45) is 4.99 Å². The number of phenols is 1. The van der Waals surface area contributed by atoms with E-state index in [-0.39, 0.29) is 30.1 Å². The van der Waals surface area contributed by atoms with Gasteiger partial charge in [-0.25, -0.2) is 4.79 Å². The van der Waals surface area contributed by atoms with Gasteiger partial charge in [0.05, 0.1) is 12.2 Å². The summed E-state index contributed by atoms with van der Waals surface area (Å²) in [5, 5.41) is 13.4. The summed E-state index contributed by atoms with van der Waals surface area (Å²) in [7, 11) is 1.72.